The molecule has 0 aliphatic heterocycles. The van der Waals surface area contributed by atoms with E-state index in [9.17, 15) is 0 Å². The van der Waals surface area contributed by atoms with Gasteiger partial charge in [0.2, 0.25) is 0 Å². The summed E-state index contributed by atoms with van der Waals surface area (Å²) in [6.45, 7) is 2.11. The van der Waals surface area contributed by atoms with Gasteiger partial charge >= 0.3 is 0 Å². The smallest absolute Gasteiger partial charge is 0.0306 e. The van der Waals surface area contributed by atoms with Gasteiger partial charge in [0.05, 0.1) is 0 Å². The first-order chi connectivity index (χ1) is 8.70. The summed E-state index contributed by atoms with van der Waals surface area (Å²) in [6, 6.07) is 10.6. The lowest BCUT2D eigenvalue weighted by atomic mass is 9.96. The van der Waals surface area contributed by atoms with Gasteiger partial charge in [-0.05, 0) is 47.7 Å². The topological polar surface area (TPSA) is 38.9 Å². The Bertz CT molecular complexity index is 525. The van der Waals surface area contributed by atoms with Crippen LogP contribution in [0.15, 0.2) is 47.2 Å². The zero-order chi connectivity index (χ0) is 13.0. The highest BCUT2D eigenvalue weighted by Crippen LogP contribution is 2.26. The highest BCUT2D eigenvalue weighted by atomic mass is 79.9. The lowest BCUT2D eigenvalue weighted by Gasteiger charge is -2.13. The number of halogens is 1. The van der Waals surface area contributed by atoms with Crippen molar-refractivity contribution < 1.29 is 0 Å². The quantitative estimate of drug-likeness (QED) is 0.933. The minimum absolute atomic E-state index is 0.195. The minimum Gasteiger partial charge on any atom is -0.327 e. The third kappa shape index (κ3) is 3.18. The molecular formula is C15H17BrN2. The first-order valence-electron chi connectivity index (χ1n) is 6.15. The molecule has 18 heavy (non-hydrogen) atoms. The predicted molar refractivity (Wildman–Crippen MR) is 79.3 cm³/mol. The molecular weight excluding hydrogens is 288 g/mol. The zero-order valence-electron chi connectivity index (χ0n) is 10.4. The van der Waals surface area contributed by atoms with E-state index < -0.39 is 0 Å². The molecule has 0 saturated heterocycles. The molecule has 1 aromatic heterocycles. The Balaban J connectivity index is 2.38. The summed E-state index contributed by atoms with van der Waals surface area (Å²) in [5.41, 5.74) is 9.67. The highest BCUT2D eigenvalue weighted by molar-refractivity contribution is 9.10. The largest absolute Gasteiger partial charge is 0.327 e. The maximum absolute atomic E-state index is 6.04. The number of hydrogen-bond acceptors (Lipinski definition) is 2. The fourth-order valence-electron chi connectivity index (χ4n) is 1.95. The molecule has 1 aromatic carbocycles. The Morgan fingerprint density at radius 1 is 1.33 bits per heavy atom. The fraction of sp³-hybridized carbons (Fsp3) is 0.267. The molecule has 2 aromatic rings. The van der Waals surface area contributed by atoms with Gasteiger partial charge in [0.1, 0.15) is 0 Å². The minimum atomic E-state index is 0.195. The second-order valence-electron chi connectivity index (χ2n) is 4.42. The van der Waals surface area contributed by atoms with E-state index >= 15 is 0 Å². The molecule has 0 radical (unpaired) electrons. The van der Waals surface area contributed by atoms with Crippen molar-refractivity contribution in [3.63, 3.8) is 0 Å². The van der Waals surface area contributed by atoms with E-state index in [1.807, 2.05) is 24.5 Å². The molecule has 0 aliphatic rings. The lowest BCUT2D eigenvalue weighted by Crippen LogP contribution is -2.21. The molecule has 0 fully saturated rings. The van der Waals surface area contributed by atoms with Crippen LogP contribution in [0.2, 0.25) is 0 Å². The highest BCUT2D eigenvalue weighted by Gasteiger charge is 2.08. The third-order valence-corrected chi connectivity index (χ3v) is 3.54. The molecule has 2 nitrogen and oxygen atoms in total. The van der Waals surface area contributed by atoms with Crippen molar-refractivity contribution >= 4 is 15.9 Å². The van der Waals surface area contributed by atoms with Crippen LogP contribution in [-0.2, 0) is 6.42 Å². The molecule has 0 spiro atoms. The molecule has 0 aliphatic carbocycles. The van der Waals surface area contributed by atoms with Gasteiger partial charge in [-0.1, -0.05) is 35.0 Å². The van der Waals surface area contributed by atoms with Crippen molar-refractivity contribution in [1.82, 2.24) is 4.98 Å². The van der Waals surface area contributed by atoms with Crippen LogP contribution in [0.25, 0.3) is 11.1 Å². The average molecular weight is 305 g/mol. The SMILES string of the molecule is CCC(N)Cc1cnccc1-c1cccc(Br)c1. The van der Waals surface area contributed by atoms with Crippen molar-refractivity contribution in [2.24, 2.45) is 5.73 Å². The van der Waals surface area contributed by atoms with Crippen LogP contribution in [0.1, 0.15) is 18.9 Å². The van der Waals surface area contributed by atoms with E-state index in [1.165, 1.54) is 16.7 Å². The van der Waals surface area contributed by atoms with Gasteiger partial charge < -0.3 is 5.73 Å². The van der Waals surface area contributed by atoms with Crippen molar-refractivity contribution in [2.45, 2.75) is 25.8 Å². The summed E-state index contributed by atoms with van der Waals surface area (Å²) in [5, 5.41) is 0. The van der Waals surface area contributed by atoms with Crippen LogP contribution in [-0.4, -0.2) is 11.0 Å². The van der Waals surface area contributed by atoms with Crippen LogP contribution in [0.3, 0.4) is 0 Å². The normalized spacial score (nSPS) is 12.4. The number of nitrogens with zero attached hydrogens (tertiary/aromatic N) is 1. The van der Waals surface area contributed by atoms with Gasteiger partial charge in [-0.2, -0.15) is 0 Å². The molecule has 1 heterocycles. The molecule has 3 heteroatoms. The van der Waals surface area contributed by atoms with E-state index in [2.05, 4.69) is 46.0 Å². The molecule has 2 N–H and O–H groups in total. The Labute approximate surface area is 116 Å². The molecule has 2 rings (SSSR count). The van der Waals surface area contributed by atoms with Gasteiger partial charge in [-0.15, -0.1) is 0 Å². The van der Waals surface area contributed by atoms with Crippen LogP contribution in [0.5, 0.6) is 0 Å². The Morgan fingerprint density at radius 3 is 2.89 bits per heavy atom. The van der Waals surface area contributed by atoms with Gasteiger partial charge in [-0.25, -0.2) is 0 Å². The average Bonchev–Trinajstić information content (AvgIpc) is 2.39. The summed E-state index contributed by atoms with van der Waals surface area (Å²) >= 11 is 3.51. The number of nitrogens with two attached hydrogens (primary N) is 1. The maximum atomic E-state index is 6.04. The van der Waals surface area contributed by atoms with E-state index in [1.54, 1.807) is 0 Å². The Kier molecular flexibility index (Phi) is 4.50. The standard InChI is InChI=1S/C15H17BrN2/c1-2-14(17)9-12-10-18-7-6-15(12)11-4-3-5-13(16)8-11/h3-8,10,14H,2,9,17H2,1H3. The summed E-state index contributed by atoms with van der Waals surface area (Å²) in [7, 11) is 0. The van der Waals surface area contributed by atoms with E-state index in [4.69, 9.17) is 5.73 Å². The predicted octanol–water partition coefficient (Wildman–Crippen LogP) is 3.79. The first-order valence-corrected chi connectivity index (χ1v) is 6.94. The summed E-state index contributed by atoms with van der Waals surface area (Å²) in [5.74, 6) is 0. The van der Waals surface area contributed by atoms with Crippen molar-refractivity contribution in [1.29, 1.82) is 0 Å². The van der Waals surface area contributed by atoms with E-state index in [-0.39, 0.29) is 6.04 Å². The summed E-state index contributed by atoms with van der Waals surface area (Å²) in [4.78, 5) is 4.21. The second-order valence-corrected chi connectivity index (χ2v) is 5.33. The van der Waals surface area contributed by atoms with Crippen LogP contribution in [0.4, 0.5) is 0 Å². The number of pyridine rings is 1. The second kappa shape index (κ2) is 6.12. The van der Waals surface area contributed by atoms with Gasteiger partial charge in [0, 0.05) is 22.9 Å². The van der Waals surface area contributed by atoms with Crippen molar-refractivity contribution in [3.8, 4) is 11.1 Å². The molecule has 0 amide bonds. The van der Waals surface area contributed by atoms with Crippen LogP contribution in [0, 0.1) is 0 Å². The van der Waals surface area contributed by atoms with Gasteiger partial charge in [0.15, 0.2) is 0 Å². The summed E-state index contributed by atoms with van der Waals surface area (Å²) in [6.07, 6.45) is 5.60. The molecule has 0 saturated carbocycles. The number of benzene rings is 1. The van der Waals surface area contributed by atoms with Gasteiger partial charge in [-0.3, -0.25) is 4.98 Å². The first kappa shape index (κ1) is 13.2. The fourth-order valence-corrected chi connectivity index (χ4v) is 2.35. The number of rotatable bonds is 4. The van der Waals surface area contributed by atoms with Crippen LogP contribution >= 0.6 is 15.9 Å². The molecule has 1 unspecified atom stereocenters. The van der Waals surface area contributed by atoms with Crippen molar-refractivity contribution in [2.75, 3.05) is 0 Å². The van der Waals surface area contributed by atoms with E-state index in [0.29, 0.717) is 0 Å². The lowest BCUT2D eigenvalue weighted by molar-refractivity contribution is 0.646. The summed E-state index contributed by atoms with van der Waals surface area (Å²) < 4.78 is 1.09. The van der Waals surface area contributed by atoms with E-state index in [0.717, 1.165) is 17.3 Å². The maximum Gasteiger partial charge on any atom is 0.0306 e. The Hall–Kier alpha value is -1.19. The number of hydrogen-bond donors (Lipinski definition) is 1. The third-order valence-electron chi connectivity index (χ3n) is 3.05. The molecule has 0 bridgehead atoms. The van der Waals surface area contributed by atoms with Crippen LogP contribution < -0.4 is 5.73 Å². The number of aromatic nitrogens is 1. The zero-order valence-corrected chi connectivity index (χ0v) is 12.0. The Morgan fingerprint density at radius 2 is 2.17 bits per heavy atom. The van der Waals surface area contributed by atoms with Crippen molar-refractivity contribution in [3.05, 3.63) is 52.8 Å². The van der Waals surface area contributed by atoms with Gasteiger partial charge in [0.25, 0.3) is 0 Å². The molecule has 1 atom stereocenters. The molecule has 94 valence electrons. The monoisotopic (exact) mass is 304 g/mol.